The summed E-state index contributed by atoms with van der Waals surface area (Å²) in [7, 11) is -2.84. The third kappa shape index (κ3) is 4.11. The third-order valence-electron chi connectivity index (χ3n) is 3.14. The van der Waals surface area contributed by atoms with Crippen molar-refractivity contribution in [1.29, 1.82) is 0 Å². The molecule has 1 rings (SSSR count). The van der Waals surface area contributed by atoms with Crippen molar-refractivity contribution in [2.24, 2.45) is 17.3 Å². The van der Waals surface area contributed by atoms with E-state index in [2.05, 4.69) is 20.8 Å². The highest BCUT2D eigenvalue weighted by Gasteiger charge is 2.36. The molecule has 0 aliphatic carbocycles. The molecule has 4 heteroatoms. The molecule has 1 heterocycles. The fourth-order valence-electron chi connectivity index (χ4n) is 2.20. The van der Waals surface area contributed by atoms with Crippen molar-refractivity contribution >= 4 is 9.84 Å². The van der Waals surface area contributed by atoms with Gasteiger partial charge in [-0.1, -0.05) is 20.8 Å². The Labute approximate surface area is 93.1 Å². The maximum atomic E-state index is 11.2. The first-order valence-corrected chi connectivity index (χ1v) is 7.51. The van der Waals surface area contributed by atoms with E-state index >= 15 is 0 Å². The Bertz CT molecular complexity index is 296. The zero-order chi connectivity index (χ0) is 11.7. The Hall–Kier alpha value is -0.0900. The van der Waals surface area contributed by atoms with Crippen molar-refractivity contribution < 1.29 is 13.2 Å². The molecule has 0 spiro atoms. The zero-order valence-corrected chi connectivity index (χ0v) is 10.9. The summed E-state index contributed by atoms with van der Waals surface area (Å²) in [5.74, 6) is 1.29. The van der Waals surface area contributed by atoms with Crippen molar-refractivity contribution in [2.75, 3.05) is 25.2 Å². The summed E-state index contributed by atoms with van der Waals surface area (Å²) >= 11 is 0. The van der Waals surface area contributed by atoms with Gasteiger partial charge in [0.25, 0.3) is 0 Å². The molecule has 0 amide bonds. The second-order valence-corrected chi connectivity index (χ2v) is 7.95. The molecule has 15 heavy (non-hydrogen) atoms. The van der Waals surface area contributed by atoms with Crippen LogP contribution in [0.3, 0.4) is 0 Å². The maximum absolute atomic E-state index is 11.2. The van der Waals surface area contributed by atoms with Gasteiger partial charge in [0.15, 0.2) is 0 Å². The first-order chi connectivity index (χ1) is 6.70. The lowest BCUT2D eigenvalue weighted by Gasteiger charge is -2.41. The highest BCUT2D eigenvalue weighted by Crippen LogP contribution is 2.38. The molecule has 0 radical (unpaired) electrons. The molecular weight excluding hydrogens is 212 g/mol. The van der Waals surface area contributed by atoms with Gasteiger partial charge in [-0.2, -0.15) is 0 Å². The van der Waals surface area contributed by atoms with Gasteiger partial charge in [0.2, 0.25) is 0 Å². The van der Waals surface area contributed by atoms with Crippen LogP contribution in [0.4, 0.5) is 0 Å². The largest absolute Gasteiger partial charge is 0.381 e. The predicted octanol–water partition coefficient (Wildman–Crippen LogP) is 1.73. The van der Waals surface area contributed by atoms with Gasteiger partial charge in [-0.15, -0.1) is 0 Å². The lowest BCUT2D eigenvalue weighted by Crippen LogP contribution is -2.41. The molecule has 90 valence electrons. The van der Waals surface area contributed by atoms with Crippen LogP contribution in [0.25, 0.3) is 0 Å². The van der Waals surface area contributed by atoms with Gasteiger partial charge >= 0.3 is 0 Å². The highest BCUT2D eigenvalue weighted by molar-refractivity contribution is 7.90. The van der Waals surface area contributed by atoms with Crippen LogP contribution in [0.5, 0.6) is 0 Å². The van der Waals surface area contributed by atoms with Crippen LogP contribution < -0.4 is 0 Å². The van der Waals surface area contributed by atoms with Crippen LogP contribution in [0.1, 0.15) is 27.2 Å². The summed E-state index contributed by atoms with van der Waals surface area (Å²) in [5.41, 5.74) is 0.166. The summed E-state index contributed by atoms with van der Waals surface area (Å²) in [6, 6.07) is 0. The van der Waals surface area contributed by atoms with Crippen LogP contribution in [-0.2, 0) is 14.6 Å². The molecule has 0 aromatic carbocycles. The zero-order valence-electron chi connectivity index (χ0n) is 10.1. The van der Waals surface area contributed by atoms with Gasteiger partial charge in [0, 0.05) is 12.2 Å². The molecule has 1 saturated heterocycles. The van der Waals surface area contributed by atoms with Gasteiger partial charge < -0.3 is 4.74 Å². The van der Waals surface area contributed by atoms with Crippen LogP contribution in [-0.4, -0.2) is 33.6 Å². The first kappa shape index (κ1) is 13.0. The lowest BCUT2D eigenvalue weighted by molar-refractivity contribution is -0.0849. The molecule has 1 fully saturated rings. The Balaban J connectivity index is 2.57. The van der Waals surface area contributed by atoms with E-state index in [9.17, 15) is 8.42 Å². The van der Waals surface area contributed by atoms with Gasteiger partial charge in [-0.25, -0.2) is 8.42 Å². The summed E-state index contributed by atoms with van der Waals surface area (Å²) in [5, 5.41) is 0. The highest BCUT2D eigenvalue weighted by atomic mass is 32.2. The molecule has 0 aromatic rings. The summed E-state index contributed by atoms with van der Waals surface area (Å²) in [6.07, 6.45) is 2.07. The van der Waals surface area contributed by atoms with Crippen molar-refractivity contribution in [3.8, 4) is 0 Å². The first-order valence-electron chi connectivity index (χ1n) is 5.45. The maximum Gasteiger partial charge on any atom is 0.147 e. The molecule has 1 aliphatic rings. The fraction of sp³-hybridized carbons (Fsp3) is 1.00. The van der Waals surface area contributed by atoms with Crippen LogP contribution in [0.15, 0.2) is 0 Å². The van der Waals surface area contributed by atoms with E-state index in [4.69, 9.17) is 4.74 Å². The summed E-state index contributed by atoms with van der Waals surface area (Å²) < 4.78 is 27.5. The minimum absolute atomic E-state index is 0.166. The van der Waals surface area contributed by atoms with E-state index in [0.29, 0.717) is 17.6 Å². The Kier molecular flexibility index (Phi) is 3.82. The Morgan fingerprint density at radius 2 is 1.87 bits per heavy atom. The smallest absolute Gasteiger partial charge is 0.147 e. The molecule has 3 nitrogen and oxygen atoms in total. The van der Waals surface area contributed by atoms with Gasteiger partial charge in [0.1, 0.15) is 9.84 Å². The molecular formula is C11H22O3S. The van der Waals surface area contributed by atoms with E-state index in [1.807, 2.05) is 0 Å². The van der Waals surface area contributed by atoms with E-state index < -0.39 is 9.84 Å². The number of rotatable bonds is 4. The summed E-state index contributed by atoms with van der Waals surface area (Å²) in [4.78, 5) is 0. The van der Waals surface area contributed by atoms with Gasteiger partial charge in [-0.05, 0) is 17.8 Å². The minimum Gasteiger partial charge on any atom is -0.381 e. The molecule has 0 saturated carbocycles. The molecule has 0 aromatic heterocycles. The van der Waals surface area contributed by atoms with Crippen molar-refractivity contribution in [3.63, 3.8) is 0 Å². The minimum atomic E-state index is -2.84. The third-order valence-corrected chi connectivity index (χ3v) is 4.12. The Morgan fingerprint density at radius 1 is 1.33 bits per heavy atom. The van der Waals surface area contributed by atoms with Crippen LogP contribution in [0, 0.1) is 17.3 Å². The predicted molar refractivity (Wildman–Crippen MR) is 61.6 cm³/mol. The van der Waals surface area contributed by atoms with Crippen LogP contribution in [0.2, 0.25) is 0 Å². The van der Waals surface area contributed by atoms with E-state index in [-0.39, 0.29) is 5.41 Å². The van der Waals surface area contributed by atoms with Gasteiger partial charge in [0.05, 0.1) is 19.0 Å². The molecule has 0 bridgehead atoms. The van der Waals surface area contributed by atoms with Crippen LogP contribution >= 0.6 is 0 Å². The monoisotopic (exact) mass is 234 g/mol. The quantitative estimate of drug-likeness (QED) is 0.744. The van der Waals surface area contributed by atoms with Crippen molar-refractivity contribution in [3.05, 3.63) is 0 Å². The summed E-state index contributed by atoms with van der Waals surface area (Å²) in [6.45, 7) is 8.13. The topological polar surface area (TPSA) is 43.4 Å². The second kappa shape index (κ2) is 4.42. The normalized spacial score (nSPS) is 21.1. The average Bonchev–Trinajstić information content (AvgIpc) is 1.88. The standard InChI is InChI=1S/C11H22O3S/c1-11(2,3)10(9-7-14-8-9)5-6-15(4,12)13/h9-10H,5-8H2,1-4H3. The van der Waals surface area contributed by atoms with E-state index in [0.717, 1.165) is 19.6 Å². The average molecular weight is 234 g/mol. The van der Waals surface area contributed by atoms with Gasteiger partial charge in [-0.3, -0.25) is 0 Å². The SMILES string of the molecule is CC(C)(C)C(CCS(C)(=O)=O)C1COC1. The lowest BCUT2D eigenvalue weighted by atomic mass is 9.71. The molecule has 1 unspecified atom stereocenters. The van der Waals surface area contributed by atoms with E-state index in [1.54, 1.807) is 0 Å². The number of hydrogen-bond donors (Lipinski definition) is 0. The molecule has 0 N–H and O–H groups in total. The molecule has 1 atom stereocenters. The Morgan fingerprint density at radius 3 is 2.13 bits per heavy atom. The fourth-order valence-corrected chi connectivity index (χ4v) is 2.89. The number of sulfone groups is 1. The van der Waals surface area contributed by atoms with E-state index in [1.165, 1.54) is 6.26 Å². The molecule has 1 aliphatic heterocycles. The number of hydrogen-bond acceptors (Lipinski definition) is 3. The van der Waals surface area contributed by atoms with Crippen molar-refractivity contribution in [2.45, 2.75) is 27.2 Å². The van der Waals surface area contributed by atoms with Crippen molar-refractivity contribution in [1.82, 2.24) is 0 Å². The second-order valence-electron chi connectivity index (χ2n) is 5.69. The number of ether oxygens (including phenoxy) is 1.